The Hall–Kier alpha value is -2.20. The summed E-state index contributed by atoms with van der Waals surface area (Å²) in [5.41, 5.74) is 0.935. The fourth-order valence-electron chi connectivity index (χ4n) is 3.00. The first-order valence-electron chi connectivity index (χ1n) is 7.65. The van der Waals surface area contributed by atoms with Crippen LogP contribution in [0, 0.1) is 5.82 Å². The molecule has 0 radical (unpaired) electrons. The van der Waals surface area contributed by atoms with Crippen molar-refractivity contribution in [1.82, 2.24) is 14.3 Å². The smallest absolute Gasteiger partial charge is 0.423 e. The minimum atomic E-state index is -1.57. The standard InChI is InChI=1S/C16H12BClFN3O3S/c1-21-12-5-13(17(24)25)26-15(12)8-6-20-22(16(23)14(8)21)7-9-10(18)3-2-4-11(9)19/h2-6,24-25H,7H2,1H3. The molecule has 4 rings (SSSR count). The summed E-state index contributed by atoms with van der Waals surface area (Å²) in [4.78, 5) is 12.9. The van der Waals surface area contributed by atoms with E-state index in [0.717, 1.165) is 9.38 Å². The second-order valence-electron chi connectivity index (χ2n) is 5.87. The number of aromatic nitrogens is 3. The van der Waals surface area contributed by atoms with E-state index in [0.29, 0.717) is 21.2 Å². The van der Waals surface area contributed by atoms with Crippen LogP contribution in [0.25, 0.3) is 21.1 Å². The predicted octanol–water partition coefficient (Wildman–Crippen LogP) is 1.47. The molecule has 10 heteroatoms. The van der Waals surface area contributed by atoms with Gasteiger partial charge in [-0.15, -0.1) is 11.3 Å². The highest BCUT2D eigenvalue weighted by Crippen LogP contribution is 2.29. The first-order valence-corrected chi connectivity index (χ1v) is 8.85. The lowest BCUT2D eigenvalue weighted by molar-refractivity contribution is 0.427. The van der Waals surface area contributed by atoms with Gasteiger partial charge in [-0.2, -0.15) is 5.10 Å². The normalized spacial score (nSPS) is 11.6. The fraction of sp³-hybridized carbons (Fsp3) is 0.125. The molecule has 0 bridgehead atoms. The van der Waals surface area contributed by atoms with Crippen LogP contribution in [0.1, 0.15) is 5.56 Å². The Balaban J connectivity index is 1.90. The Kier molecular flexibility index (Phi) is 4.11. The van der Waals surface area contributed by atoms with Crippen molar-refractivity contribution in [2.75, 3.05) is 0 Å². The topological polar surface area (TPSA) is 80.3 Å². The van der Waals surface area contributed by atoms with Gasteiger partial charge in [0.15, 0.2) is 0 Å². The molecule has 4 aromatic rings. The van der Waals surface area contributed by atoms with Crippen LogP contribution < -0.4 is 10.3 Å². The van der Waals surface area contributed by atoms with Crippen LogP contribution in [-0.4, -0.2) is 31.5 Å². The summed E-state index contributed by atoms with van der Waals surface area (Å²) in [6.07, 6.45) is 1.53. The average molecular weight is 392 g/mol. The molecule has 0 aliphatic heterocycles. The SMILES string of the molecule is Cn1c2cc(B(O)O)sc2c2cnn(Cc3c(F)cccc3Cl)c(=O)c21. The monoisotopic (exact) mass is 391 g/mol. The third kappa shape index (κ3) is 2.55. The average Bonchev–Trinajstić information content (AvgIpc) is 3.13. The second-order valence-corrected chi connectivity index (χ2v) is 7.36. The van der Waals surface area contributed by atoms with E-state index in [1.54, 1.807) is 23.7 Å². The van der Waals surface area contributed by atoms with Gasteiger partial charge >= 0.3 is 7.12 Å². The number of halogens is 2. The molecule has 0 saturated carbocycles. The largest absolute Gasteiger partial charge is 0.499 e. The Morgan fingerprint density at radius 1 is 1.38 bits per heavy atom. The highest BCUT2D eigenvalue weighted by molar-refractivity contribution is 7.28. The number of benzene rings is 1. The Morgan fingerprint density at radius 2 is 2.15 bits per heavy atom. The maximum Gasteiger partial charge on any atom is 0.499 e. The summed E-state index contributed by atoms with van der Waals surface area (Å²) in [6, 6.07) is 5.97. The van der Waals surface area contributed by atoms with Crippen LogP contribution in [-0.2, 0) is 13.6 Å². The molecule has 3 aromatic heterocycles. The number of nitrogens with zero attached hydrogens (tertiary/aromatic N) is 3. The molecule has 0 aliphatic carbocycles. The van der Waals surface area contributed by atoms with E-state index in [1.807, 2.05) is 0 Å². The molecular formula is C16H12BClFN3O3S. The van der Waals surface area contributed by atoms with Gasteiger partial charge in [-0.1, -0.05) is 17.7 Å². The number of hydrogen-bond acceptors (Lipinski definition) is 5. The molecular weight excluding hydrogens is 380 g/mol. The van der Waals surface area contributed by atoms with E-state index in [2.05, 4.69) is 5.10 Å². The van der Waals surface area contributed by atoms with E-state index < -0.39 is 12.9 Å². The molecule has 1 aromatic carbocycles. The lowest BCUT2D eigenvalue weighted by Gasteiger charge is -2.08. The zero-order valence-electron chi connectivity index (χ0n) is 13.5. The van der Waals surface area contributed by atoms with E-state index in [-0.39, 0.29) is 22.7 Å². The van der Waals surface area contributed by atoms with Crippen LogP contribution in [0.15, 0.2) is 35.3 Å². The second kappa shape index (κ2) is 6.20. The fourth-order valence-corrected chi connectivity index (χ4v) is 4.30. The zero-order chi connectivity index (χ0) is 18.6. The van der Waals surface area contributed by atoms with Crippen LogP contribution in [0.5, 0.6) is 0 Å². The third-order valence-corrected chi connectivity index (χ3v) is 5.87. The van der Waals surface area contributed by atoms with Gasteiger partial charge in [-0.3, -0.25) is 4.79 Å². The van der Waals surface area contributed by atoms with Crippen LogP contribution in [0.3, 0.4) is 0 Å². The summed E-state index contributed by atoms with van der Waals surface area (Å²) < 4.78 is 18.0. The number of fused-ring (bicyclic) bond motifs is 3. The lowest BCUT2D eigenvalue weighted by Crippen LogP contribution is -2.27. The van der Waals surface area contributed by atoms with Crippen molar-refractivity contribution in [3.05, 3.63) is 57.2 Å². The van der Waals surface area contributed by atoms with Crippen molar-refractivity contribution in [3.8, 4) is 0 Å². The zero-order valence-corrected chi connectivity index (χ0v) is 15.1. The van der Waals surface area contributed by atoms with Crippen LogP contribution in [0.2, 0.25) is 5.02 Å². The first-order chi connectivity index (χ1) is 12.4. The molecule has 3 heterocycles. The van der Waals surface area contributed by atoms with E-state index in [4.69, 9.17) is 11.6 Å². The number of aryl methyl sites for hydroxylation is 1. The van der Waals surface area contributed by atoms with Gasteiger partial charge < -0.3 is 14.6 Å². The number of thiophene rings is 1. The van der Waals surface area contributed by atoms with E-state index >= 15 is 0 Å². The molecule has 0 spiro atoms. The van der Waals surface area contributed by atoms with Gasteiger partial charge in [0, 0.05) is 27.8 Å². The van der Waals surface area contributed by atoms with Crippen molar-refractivity contribution < 1.29 is 14.4 Å². The van der Waals surface area contributed by atoms with Crippen LogP contribution >= 0.6 is 22.9 Å². The molecule has 0 amide bonds. The van der Waals surface area contributed by atoms with Crippen molar-refractivity contribution in [3.63, 3.8) is 0 Å². The minimum absolute atomic E-state index is 0.0836. The van der Waals surface area contributed by atoms with Gasteiger partial charge in [0.1, 0.15) is 11.3 Å². The van der Waals surface area contributed by atoms with E-state index in [9.17, 15) is 19.2 Å². The maximum atomic E-state index is 14.0. The number of hydrogen-bond donors (Lipinski definition) is 2. The van der Waals surface area contributed by atoms with Gasteiger partial charge in [0.25, 0.3) is 5.56 Å². The molecule has 0 fully saturated rings. The van der Waals surface area contributed by atoms with Crippen molar-refractivity contribution in [2.45, 2.75) is 6.54 Å². The van der Waals surface area contributed by atoms with Gasteiger partial charge in [-0.25, -0.2) is 9.07 Å². The summed E-state index contributed by atoms with van der Waals surface area (Å²) in [7, 11) is 0.145. The summed E-state index contributed by atoms with van der Waals surface area (Å²) in [5, 5.41) is 23.7. The number of rotatable bonds is 3. The molecule has 0 unspecified atom stereocenters. The molecule has 0 atom stereocenters. The van der Waals surface area contributed by atoms with Crippen molar-refractivity contribution in [2.24, 2.45) is 7.05 Å². The molecule has 26 heavy (non-hydrogen) atoms. The van der Waals surface area contributed by atoms with E-state index in [1.165, 1.54) is 29.7 Å². The van der Waals surface area contributed by atoms with Gasteiger partial charge in [0.05, 0.1) is 23.0 Å². The highest BCUT2D eigenvalue weighted by atomic mass is 35.5. The van der Waals surface area contributed by atoms with Gasteiger partial charge in [0.2, 0.25) is 0 Å². The lowest BCUT2D eigenvalue weighted by atomic mass is 9.90. The molecule has 132 valence electrons. The quantitative estimate of drug-likeness (QED) is 0.518. The third-order valence-electron chi connectivity index (χ3n) is 4.32. The summed E-state index contributed by atoms with van der Waals surface area (Å²) in [6.45, 7) is -0.0836. The summed E-state index contributed by atoms with van der Waals surface area (Å²) >= 11 is 7.23. The molecule has 0 aliphatic rings. The Morgan fingerprint density at radius 3 is 2.85 bits per heavy atom. The maximum absolute atomic E-state index is 14.0. The predicted molar refractivity (Wildman–Crippen MR) is 101 cm³/mol. The minimum Gasteiger partial charge on any atom is -0.423 e. The van der Waals surface area contributed by atoms with Crippen LogP contribution in [0.4, 0.5) is 4.39 Å². The Labute approximate surface area is 155 Å². The molecule has 2 N–H and O–H groups in total. The van der Waals surface area contributed by atoms with Crippen molar-refractivity contribution in [1.29, 1.82) is 0 Å². The molecule has 0 saturated heterocycles. The van der Waals surface area contributed by atoms with Gasteiger partial charge in [-0.05, 0) is 18.2 Å². The highest BCUT2D eigenvalue weighted by Gasteiger charge is 2.21. The van der Waals surface area contributed by atoms with Crippen molar-refractivity contribution >= 4 is 56.0 Å². The first kappa shape index (κ1) is 17.2. The summed E-state index contributed by atoms with van der Waals surface area (Å²) in [5.74, 6) is -0.499. The Bertz CT molecular complexity index is 1200. The molecule has 6 nitrogen and oxygen atoms in total.